The van der Waals surface area contributed by atoms with Gasteiger partial charge in [0.25, 0.3) is 0 Å². The number of unbranched alkanes of at least 4 members (excludes halogenated alkanes) is 7. The number of hydrogen-bond acceptors (Lipinski definition) is 3. The molecule has 1 aromatic rings. The molecule has 0 spiro atoms. The highest BCUT2D eigenvalue weighted by Crippen LogP contribution is 2.49. The number of rotatable bonds is 14. The Balaban J connectivity index is 2.37. The molecule has 24 heavy (non-hydrogen) atoms. The monoisotopic (exact) mass is 374 g/mol. The van der Waals surface area contributed by atoms with Crippen molar-refractivity contribution in [3.63, 3.8) is 0 Å². The molecule has 1 aromatic carbocycles. The normalized spacial score (nSPS) is 13.6. The molecule has 5 heteroatoms. The standard InChI is InChI=1S/C19H32ClO3P/c1-3-5-7-8-9-10-11-16-22-24(21,17-6-4-2)23-19-14-12-18(20)13-15-19/h12-15H,3-11,16-17H2,1-2H3. The van der Waals surface area contributed by atoms with Crippen LogP contribution in [0.4, 0.5) is 0 Å². The zero-order chi connectivity index (χ0) is 17.7. The lowest BCUT2D eigenvalue weighted by atomic mass is 10.1. The van der Waals surface area contributed by atoms with Crippen LogP contribution in [0.15, 0.2) is 24.3 Å². The maximum Gasteiger partial charge on any atom is 0.379 e. The van der Waals surface area contributed by atoms with Crippen molar-refractivity contribution in [3.8, 4) is 5.75 Å². The van der Waals surface area contributed by atoms with E-state index in [9.17, 15) is 4.57 Å². The summed E-state index contributed by atoms with van der Waals surface area (Å²) in [7, 11) is -3.08. The molecule has 1 rings (SSSR count). The Morgan fingerprint density at radius 1 is 0.875 bits per heavy atom. The van der Waals surface area contributed by atoms with Gasteiger partial charge in [-0.1, -0.05) is 70.4 Å². The van der Waals surface area contributed by atoms with E-state index in [2.05, 4.69) is 13.8 Å². The summed E-state index contributed by atoms with van der Waals surface area (Å²) in [6.07, 6.45) is 10.7. The molecule has 0 saturated heterocycles. The fourth-order valence-corrected chi connectivity index (χ4v) is 4.36. The average molecular weight is 375 g/mol. The average Bonchev–Trinajstić information content (AvgIpc) is 2.58. The Morgan fingerprint density at radius 3 is 2.08 bits per heavy atom. The molecule has 0 bridgehead atoms. The molecule has 0 aliphatic rings. The van der Waals surface area contributed by atoms with Gasteiger partial charge < -0.3 is 4.52 Å². The second-order valence-electron chi connectivity index (χ2n) is 6.19. The second-order valence-corrected chi connectivity index (χ2v) is 8.73. The first-order valence-electron chi connectivity index (χ1n) is 9.28. The van der Waals surface area contributed by atoms with Crippen LogP contribution in [0, 0.1) is 0 Å². The van der Waals surface area contributed by atoms with Crippen molar-refractivity contribution in [2.24, 2.45) is 0 Å². The zero-order valence-corrected chi connectivity index (χ0v) is 16.8. The number of benzene rings is 1. The molecule has 0 heterocycles. The molecular weight excluding hydrogens is 343 g/mol. The van der Waals surface area contributed by atoms with E-state index < -0.39 is 7.60 Å². The van der Waals surface area contributed by atoms with E-state index in [1.807, 2.05) is 0 Å². The van der Waals surface area contributed by atoms with E-state index in [1.54, 1.807) is 24.3 Å². The maximum atomic E-state index is 12.9. The van der Waals surface area contributed by atoms with Gasteiger partial charge >= 0.3 is 7.60 Å². The molecule has 0 aromatic heterocycles. The van der Waals surface area contributed by atoms with Gasteiger partial charge in [0.2, 0.25) is 0 Å². The summed E-state index contributed by atoms with van der Waals surface area (Å²) in [6, 6.07) is 6.94. The van der Waals surface area contributed by atoms with E-state index in [-0.39, 0.29) is 0 Å². The largest absolute Gasteiger partial charge is 0.424 e. The van der Waals surface area contributed by atoms with Crippen LogP contribution in [0.1, 0.15) is 71.6 Å². The lowest BCUT2D eigenvalue weighted by Crippen LogP contribution is -2.04. The third-order valence-electron chi connectivity index (χ3n) is 3.88. The Morgan fingerprint density at radius 2 is 1.46 bits per heavy atom. The fourth-order valence-electron chi connectivity index (χ4n) is 2.41. The van der Waals surface area contributed by atoms with Crippen LogP contribution in [0.25, 0.3) is 0 Å². The molecule has 1 unspecified atom stereocenters. The first kappa shape index (κ1) is 21.5. The summed E-state index contributed by atoms with van der Waals surface area (Å²) in [5.74, 6) is 0.554. The van der Waals surface area contributed by atoms with Crippen molar-refractivity contribution in [1.82, 2.24) is 0 Å². The van der Waals surface area contributed by atoms with Crippen LogP contribution in [0.5, 0.6) is 5.75 Å². The zero-order valence-electron chi connectivity index (χ0n) is 15.1. The molecule has 0 amide bonds. The minimum atomic E-state index is -3.08. The van der Waals surface area contributed by atoms with Crippen LogP contribution in [-0.4, -0.2) is 12.8 Å². The fraction of sp³-hybridized carbons (Fsp3) is 0.684. The van der Waals surface area contributed by atoms with E-state index in [0.717, 1.165) is 25.7 Å². The minimum Gasteiger partial charge on any atom is -0.424 e. The predicted octanol–water partition coefficient (Wildman–Crippen LogP) is 7.48. The molecule has 0 radical (unpaired) electrons. The van der Waals surface area contributed by atoms with Gasteiger partial charge in [-0.3, -0.25) is 4.52 Å². The highest BCUT2D eigenvalue weighted by atomic mass is 35.5. The van der Waals surface area contributed by atoms with Gasteiger partial charge in [0.1, 0.15) is 5.75 Å². The topological polar surface area (TPSA) is 35.5 Å². The third kappa shape index (κ3) is 9.71. The SMILES string of the molecule is CCCCCCCCCOP(=O)(CCCC)Oc1ccc(Cl)cc1. The van der Waals surface area contributed by atoms with Gasteiger partial charge in [0.05, 0.1) is 12.8 Å². The van der Waals surface area contributed by atoms with Crippen molar-refractivity contribution < 1.29 is 13.6 Å². The van der Waals surface area contributed by atoms with Gasteiger partial charge in [-0.05, 0) is 37.1 Å². The second kappa shape index (κ2) is 12.8. The van der Waals surface area contributed by atoms with Crippen LogP contribution >= 0.6 is 19.2 Å². The molecule has 1 atom stereocenters. The van der Waals surface area contributed by atoms with Crippen LogP contribution in [-0.2, 0) is 9.09 Å². The Labute approximate surface area is 152 Å². The molecule has 0 aliphatic heterocycles. The molecule has 0 aliphatic carbocycles. The summed E-state index contributed by atoms with van der Waals surface area (Å²) >= 11 is 5.87. The summed E-state index contributed by atoms with van der Waals surface area (Å²) in [5.41, 5.74) is 0. The van der Waals surface area contributed by atoms with Crippen molar-refractivity contribution in [3.05, 3.63) is 29.3 Å². The molecule has 0 saturated carbocycles. The Kier molecular flexibility index (Phi) is 11.5. The van der Waals surface area contributed by atoms with Gasteiger partial charge in [-0.2, -0.15) is 0 Å². The highest BCUT2D eigenvalue weighted by molar-refractivity contribution is 7.54. The van der Waals surface area contributed by atoms with Gasteiger partial charge in [-0.15, -0.1) is 0 Å². The summed E-state index contributed by atoms with van der Waals surface area (Å²) in [4.78, 5) is 0. The number of hydrogen-bond donors (Lipinski definition) is 0. The molecular formula is C19H32ClO3P. The Bertz CT molecular complexity index is 476. The predicted molar refractivity (Wildman–Crippen MR) is 103 cm³/mol. The van der Waals surface area contributed by atoms with Crippen molar-refractivity contribution in [2.45, 2.75) is 71.6 Å². The van der Waals surface area contributed by atoms with Crippen molar-refractivity contribution in [2.75, 3.05) is 12.8 Å². The quantitative estimate of drug-likeness (QED) is 0.250. The molecule has 0 N–H and O–H groups in total. The van der Waals surface area contributed by atoms with Gasteiger partial charge in [-0.25, -0.2) is 4.57 Å². The smallest absolute Gasteiger partial charge is 0.379 e. The lowest BCUT2D eigenvalue weighted by molar-refractivity contribution is 0.257. The maximum absolute atomic E-state index is 12.9. The van der Waals surface area contributed by atoms with E-state index >= 15 is 0 Å². The Hall–Kier alpha value is -0.500. The minimum absolute atomic E-state index is 0.461. The lowest BCUT2D eigenvalue weighted by Gasteiger charge is -2.19. The van der Waals surface area contributed by atoms with E-state index in [0.29, 0.717) is 23.5 Å². The number of halogens is 1. The van der Waals surface area contributed by atoms with Gasteiger partial charge in [0, 0.05) is 5.02 Å². The van der Waals surface area contributed by atoms with E-state index in [1.165, 1.54) is 32.1 Å². The van der Waals surface area contributed by atoms with Crippen molar-refractivity contribution in [1.29, 1.82) is 0 Å². The highest BCUT2D eigenvalue weighted by Gasteiger charge is 2.25. The first-order chi connectivity index (χ1) is 11.6. The van der Waals surface area contributed by atoms with E-state index in [4.69, 9.17) is 20.6 Å². The molecule has 138 valence electrons. The van der Waals surface area contributed by atoms with Crippen molar-refractivity contribution >= 4 is 19.2 Å². The molecule has 3 nitrogen and oxygen atoms in total. The summed E-state index contributed by atoms with van der Waals surface area (Å²) < 4.78 is 24.3. The third-order valence-corrected chi connectivity index (χ3v) is 6.06. The summed E-state index contributed by atoms with van der Waals surface area (Å²) in [5, 5.41) is 0.634. The van der Waals surface area contributed by atoms with Gasteiger partial charge in [0.15, 0.2) is 0 Å². The first-order valence-corrected chi connectivity index (χ1v) is 11.4. The summed E-state index contributed by atoms with van der Waals surface area (Å²) in [6.45, 7) is 4.80. The van der Waals surface area contributed by atoms with Crippen LogP contribution < -0.4 is 4.52 Å². The van der Waals surface area contributed by atoms with Crippen LogP contribution in [0.2, 0.25) is 5.02 Å². The van der Waals surface area contributed by atoms with Crippen LogP contribution in [0.3, 0.4) is 0 Å². The molecule has 0 fully saturated rings.